The van der Waals surface area contributed by atoms with Gasteiger partial charge in [-0.15, -0.1) is 0 Å². The molecule has 1 N–H and O–H groups in total. The summed E-state index contributed by atoms with van der Waals surface area (Å²) in [7, 11) is 1.35. The second kappa shape index (κ2) is 7.69. The van der Waals surface area contributed by atoms with Gasteiger partial charge in [0.05, 0.1) is 11.7 Å². The fourth-order valence-electron chi connectivity index (χ4n) is 3.77. The number of hydrogen-bond donors (Lipinski definition) is 1. The Morgan fingerprint density at radius 1 is 1.22 bits per heavy atom. The van der Waals surface area contributed by atoms with Crippen LogP contribution in [0.1, 0.15) is 49.3 Å². The van der Waals surface area contributed by atoms with Crippen molar-refractivity contribution in [1.82, 2.24) is 23.5 Å². The summed E-state index contributed by atoms with van der Waals surface area (Å²) in [6, 6.07) is -0.114. The third-order valence-corrected chi connectivity index (χ3v) is 7.16. The summed E-state index contributed by atoms with van der Waals surface area (Å²) < 4.78 is 27.6. The molecule has 1 aromatic heterocycles. The summed E-state index contributed by atoms with van der Waals surface area (Å²) in [6.07, 6.45) is 3.41. The van der Waals surface area contributed by atoms with Crippen LogP contribution in [0.25, 0.3) is 0 Å². The van der Waals surface area contributed by atoms with E-state index >= 15 is 0 Å². The molecular weight excluding hydrogens is 368 g/mol. The molecule has 2 aliphatic rings. The number of aromatic nitrogens is 2. The number of amides is 1. The summed E-state index contributed by atoms with van der Waals surface area (Å²) in [5.74, 6) is 1.33. The maximum absolute atomic E-state index is 12.5. The van der Waals surface area contributed by atoms with E-state index in [4.69, 9.17) is 4.98 Å². The summed E-state index contributed by atoms with van der Waals surface area (Å²) in [5.41, 5.74) is 1.67. The maximum Gasteiger partial charge on any atom is 0.281 e. The molecule has 1 unspecified atom stereocenters. The lowest BCUT2D eigenvalue weighted by Crippen LogP contribution is -2.43. The SMILES string of the molecule is CNc1nc(C2CCCCN2C(C)=O)nc2c1CN(S(=O)(=O)N(C)C)CC2. The lowest BCUT2D eigenvalue weighted by molar-refractivity contribution is -0.132. The highest BCUT2D eigenvalue weighted by Gasteiger charge is 2.33. The van der Waals surface area contributed by atoms with Gasteiger partial charge in [0.1, 0.15) is 5.82 Å². The second-order valence-electron chi connectivity index (χ2n) is 7.20. The highest BCUT2D eigenvalue weighted by Crippen LogP contribution is 2.32. The van der Waals surface area contributed by atoms with Gasteiger partial charge in [-0.25, -0.2) is 9.97 Å². The van der Waals surface area contributed by atoms with Crippen molar-refractivity contribution in [3.63, 3.8) is 0 Å². The van der Waals surface area contributed by atoms with Gasteiger partial charge < -0.3 is 10.2 Å². The van der Waals surface area contributed by atoms with Crippen LogP contribution in [0, 0.1) is 0 Å². The van der Waals surface area contributed by atoms with Crippen molar-refractivity contribution in [2.24, 2.45) is 0 Å². The Hall–Kier alpha value is -1.78. The molecule has 0 aliphatic carbocycles. The zero-order chi connectivity index (χ0) is 19.8. The molecule has 150 valence electrons. The zero-order valence-electron chi connectivity index (χ0n) is 16.4. The number of anilines is 1. The monoisotopic (exact) mass is 396 g/mol. The van der Waals surface area contributed by atoms with E-state index in [9.17, 15) is 13.2 Å². The maximum atomic E-state index is 12.5. The van der Waals surface area contributed by atoms with Crippen molar-refractivity contribution in [3.05, 3.63) is 17.1 Å². The molecule has 9 nitrogen and oxygen atoms in total. The van der Waals surface area contributed by atoms with Gasteiger partial charge in [-0.2, -0.15) is 17.0 Å². The van der Waals surface area contributed by atoms with Crippen molar-refractivity contribution in [2.45, 2.75) is 45.2 Å². The van der Waals surface area contributed by atoms with E-state index in [1.807, 2.05) is 4.90 Å². The largest absolute Gasteiger partial charge is 0.373 e. The van der Waals surface area contributed by atoms with Gasteiger partial charge in [0.25, 0.3) is 10.2 Å². The summed E-state index contributed by atoms with van der Waals surface area (Å²) in [4.78, 5) is 23.3. The van der Waals surface area contributed by atoms with E-state index in [2.05, 4.69) is 10.3 Å². The van der Waals surface area contributed by atoms with Crippen LogP contribution in [0.4, 0.5) is 5.82 Å². The van der Waals surface area contributed by atoms with Crippen molar-refractivity contribution in [1.29, 1.82) is 0 Å². The summed E-state index contributed by atoms with van der Waals surface area (Å²) in [5, 5.41) is 3.09. The quantitative estimate of drug-likeness (QED) is 0.807. The van der Waals surface area contributed by atoms with Gasteiger partial charge in [0, 0.05) is 59.7 Å². The van der Waals surface area contributed by atoms with Crippen molar-refractivity contribution in [3.8, 4) is 0 Å². The van der Waals surface area contributed by atoms with Crippen LogP contribution in [-0.4, -0.2) is 72.0 Å². The number of rotatable bonds is 4. The molecule has 3 heterocycles. The molecule has 10 heteroatoms. The van der Waals surface area contributed by atoms with E-state index in [0.717, 1.165) is 37.1 Å². The number of nitrogens with zero attached hydrogens (tertiary/aromatic N) is 5. The van der Waals surface area contributed by atoms with Crippen LogP contribution in [0.5, 0.6) is 0 Å². The normalized spacial score (nSPS) is 21.2. The van der Waals surface area contributed by atoms with Crippen LogP contribution in [0.15, 0.2) is 0 Å². The Kier molecular flexibility index (Phi) is 5.68. The van der Waals surface area contributed by atoms with Crippen molar-refractivity contribution in [2.75, 3.05) is 39.5 Å². The van der Waals surface area contributed by atoms with Gasteiger partial charge in [-0.05, 0) is 19.3 Å². The minimum absolute atomic E-state index is 0.0373. The third-order valence-electron chi connectivity index (χ3n) is 5.27. The number of likely N-dealkylation sites (tertiary alicyclic amines) is 1. The minimum Gasteiger partial charge on any atom is -0.373 e. The first kappa shape index (κ1) is 20.0. The zero-order valence-corrected chi connectivity index (χ0v) is 17.2. The van der Waals surface area contributed by atoms with Gasteiger partial charge in [-0.3, -0.25) is 4.79 Å². The average Bonchev–Trinajstić information content (AvgIpc) is 2.66. The van der Waals surface area contributed by atoms with E-state index in [1.165, 1.54) is 22.7 Å². The molecule has 0 aromatic carbocycles. The fourth-order valence-corrected chi connectivity index (χ4v) is 4.85. The van der Waals surface area contributed by atoms with Gasteiger partial charge in [-0.1, -0.05) is 0 Å². The van der Waals surface area contributed by atoms with Crippen LogP contribution < -0.4 is 5.32 Å². The van der Waals surface area contributed by atoms with Crippen LogP contribution in [0.2, 0.25) is 0 Å². The van der Waals surface area contributed by atoms with Gasteiger partial charge >= 0.3 is 0 Å². The second-order valence-corrected chi connectivity index (χ2v) is 9.35. The average molecular weight is 397 g/mol. The van der Waals surface area contributed by atoms with E-state index in [0.29, 0.717) is 24.6 Å². The molecule has 1 fully saturated rings. The Labute approximate surface area is 160 Å². The number of hydrogen-bond acceptors (Lipinski definition) is 6. The Morgan fingerprint density at radius 2 is 1.96 bits per heavy atom. The molecule has 1 aromatic rings. The molecule has 0 saturated carbocycles. The third kappa shape index (κ3) is 3.78. The molecule has 0 radical (unpaired) electrons. The fraction of sp³-hybridized carbons (Fsp3) is 0.706. The van der Waals surface area contributed by atoms with Crippen LogP contribution in [0.3, 0.4) is 0 Å². The molecular formula is C17H28N6O3S. The first-order chi connectivity index (χ1) is 12.8. The number of fused-ring (bicyclic) bond motifs is 1. The standard InChI is InChI=1S/C17H28N6O3S/c1-12(24)23-9-6-5-7-15(23)17-19-14-8-10-22(27(25,26)21(3)4)11-13(14)16(18-2)20-17/h15H,5-11H2,1-4H3,(H,18,19,20). The molecule has 3 rings (SSSR count). The van der Waals surface area contributed by atoms with Crippen LogP contribution >= 0.6 is 0 Å². The molecule has 27 heavy (non-hydrogen) atoms. The summed E-state index contributed by atoms with van der Waals surface area (Å²) in [6.45, 7) is 2.94. The Balaban J connectivity index is 1.96. The first-order valence-electron chi connectivity index (χ1n) is 9.28. The highest BCUT2D eigenvalue weighted by molar-refractivity contribution is 7.86. The number of nitrogens with one attached hydrogen (secondary N) is 1. The van der Waals surface area contributed by atoms with Crippen molar-refractivity contribution < 1.29 is 13.2 Å². The van der Waals surface area contributed by atoms with Gasteiger partial charge in [0.2, 0.25) is 5.91 Å². The van der Waals surface area contributed by atoms with E-state index in [-0.39, 0.29) is 18.5 Å². The predicted octanol–water partition coefficient (Wildman–Crippen LogP) is 0.756. The van der Waals surface area contributed by atoms with Crippen molar-refractivity contribution >= 4 is 21.9 Å². The smallest absolute Gasteiger partial charge is 0.281 e. The van der Waals surface area contributed by atoms with E-state index < -0.39 is 10.2 Å². The lowest BCUT2D eigenvalue weighted by atomic mass is 10.00. The minimum atomic E-state index is -3.49. The molecule has 0 bridgehead atoms. The molecule has 1 saturated heterocycles. The molecule has 2 aliphatic heterocycles. The van der Waals surface area contributed by atoms with Gasteiger partial charge in [0.15, 0.2) is 5.82 Å². The lowest BCUT2D eigenvalue weighted by Gasteiger charge is -2.35. The number of carbonyl (C=O) groups is 1. The topological polar surface area (TPSA) is 98.7 Å². The van der Waals surface area contributed by atoms with Crippen LogP contribution in [-0.2, 0) is 28.0 Å². The number of piperidine rings is 1. The predicted molar refractivity (Wildman–Crippen MR) is 102 cm³/mol. The Bertz CT molecular complexity index is 809. The molecule has 0 spiro atoms. The number of carbonyl (C=O) groups excluding carboxylic acids is 1. The molecule has 1 amide bonds. The first-order valence-corrected chi connectivity index (χ1v) is 10.7. The Morgan fingerprint density at radius 3 is 2.59 bits per heavy atom. The molecule has 1 atom stereocenters. The highest BCUT2D eigenvalue weighted by atomic mass is 32.2. The summed E-state index contributed by atoms with van der Waals surface area (Å²) >= 11 is 0. The van der Waals surface area contributed by atoms with E-state index in [1.54, 1.807) is 14.0 Å².